The van der Waals surface area contributed by atoms with Gasteiger partial charge in [0.2, 0.25) is 0 Å². The van der Waals surface area contributed by atoms with Crippen molar-refractivity contribution in [2.24, 2.45) is 0 Å². The minimum atomic E-state index is -0.492. The van der Waals surface area contributed by atoms with E-state index in [2.05, 4.69) is 0 Å². The Bertz CT molecular complexity index is 884. The zero-order valence-electron chi connectivity index (χ0n) is 15.3. The fourth-order valence-corrected chi connectivity index (χ4v) is 2.97. The zero-order chi connectivity index (χ0) is 18.9. The Labute approximate surface area is 152 Å². The van der Waals surface area contributed by atoms with Gasteiger partial charge in [-0.3, -0.25) is 4.79 Å². The van der Waals surface area contributed by atoms with Crippen molar-refractivity contribution in [1.82, 2.24) is 0 Å². The Kier molecular flexibility index (Phi) is 4.72. The second-order valence-corrected chi connectivity index (χ2v) is 6.67. The molecule has 0 N–H and O–H groups in total. The van der Waals surface area contributed by atoms with Crippen LogP contribution in [0.1, 0.15) is 35.3 Å². The van der Waals surface area contributed by atoms with E-state index in [9.17, 15) is 9.18 Å². The summed E-state index contributed by atoms with van der Waals surface area (Å²) in [5.41, 5.74) is 1.33. The van der Waals surface area contributed by atoms with Crippen molar-refractivity contribution in [3.63, 3.8) is 0 Å². The van der Waals surface area contributed by atoms with Gasteiger partial charge in [0, 0.05) is 6.42 Å². The number of carbonyl (C=O) groups is 1. The Hall–Kier alpha value is -2.82. The topological polar surface area (TPSA) is 44.8 Å². The second kappa shape index (κ2) is 6.83. The zero-order valence-corrected chi connectivity index (χ0v) is 15.3. The van der Waals surface area contributed by atoms with Crippen molar-refractivity contribution in [2.45, 2.75) is 25.9 Å². The maximum absolute atomic E-state index is 13.9. The normalized spacial score (nSPS) is 14.3. The number of ether oxygens (including phenoxy) is 3. The molecular formula is C21H21FO4. The minimum absolute atomic E-state index is 0.0616. The van der Waals surface area contributed by atoms with Gasteiger partial charge in [-0.05, 0) is 55.8 Å². The van der Waals surface area contributed by atoms with Crippen LogP contribution < -0.4 is 14.2 Å². The molecule has 0 atom stereocenters. The van der Waals surface area contributed by atoms with Crippen LogP contribution in [0.5, 0.6) is 17.2 Å². The Morgan fingerprint density at radius 1 is 1.15 bits per heavy atom. The van der Waals surface area contributed by atoms with Crippen LogP contribution >= 0.6 is 0 Å². The van der Waals surface area contributed by atoms with Crippen LogP contribution in [0.3, 0.4) is 0 Å². The van der Waals surface area contributed by atoms with Crippen molar-refractivity contribution < 1.29 is 23.4 Å². The first-order valence-corrected chi connectivity index (χ1v) is 8.29. The highest BCUT2D eigenvalue weighted by atomic mass is 19.1. The van der Waals surface area contributed by atoms with Gasteiger partial charge in [0.05, 0.1) is 25.3 Å². The first-order valence-electron chi connectivity index (χ1n) is 8.29. The second-order valence-electron chi connectivity index (χ2n) is 6.67. The lowest BCUT2D eigenvalue weighted by Gasteiger charge is -2.29. The smallest absolute Gasteiger partial charge is 0.170 e. The van der Waals surface area contributed by atoms with E-state index in [0.29, 0.717) is 22.6 Å². The van der Waals surface area contributed by atoms with E-state index >= 15 is 0 Å². The highest BCUT2D eigenvalue weighted by molar-refractivity contribution is 6.01. The number of benzene rings is 2. The van der Waals surface area contributed by atoms with Crippen molar-refractivity contribution in [2.75, 3.05) is 14.2 Å². The number of ketones is 1. The summed E-state index contributed by atoms with van der Waals surface area (Å²) in [5, 5.41) is 0. The average molecular weight is 356 g/mol. The molecule has 0 aromatic heterocycles. The van der Waals surface area contributed by atoms with E-state index in [-0.39, 0.29) is 18.0 Å². The maximum Gasteiger partial charge on any atom is 0.170 e. The molecule has 0 fully saturated rings. The molecule has 136 valence electrons. The summed E-state index contributed by atoms with van der Waals surface area (Å²) >= 11 is 0. The molecule has 2 aromatic carbocycles. The Balaban J connectivity index is 1.92. The lowest BCUT2D eigenvalue weighted by molar-refractivity contribution is 0.0989. The summed E-state index contributed by atoms with van der Waals surface area (Å²) in [6.45, 7) is 3.91. The van der Waals surface area contributed by atoms with Crippen LogP contribution in [-0.2, 0) is 6.42 Å². The van der Waals surface area contributed by atoms with Gasteiger partial charge >= 0.3 is 0 Å². The van der Waals surface area contributed by atoms with Gasteiger partial charge in [0.1, 0.15) is 17.1 Å². The lowest BCUT2D eigenvalue weighted by atomic mass is 9.96. The number of halogens is 1. The summed E-state index contributed by atoms with van der Waals surface area (Å²) < 4.78 is 30.2. The van der Waals surface area contributed by atoms with E-state index in [1.54, 1.807) is 18.2 Å². The van der Waals surface area contributed by atoms with Gasteiger partial charge in [-0.15, -0.1) is 0 Å². The van der Waals surface area contributed by atoms with Gasteiger partial charge < -0.3 is 14.2 Å². The van der Waals surface area contributed by atoms with Crippen molar-refractivity contribution in [3.8, 4) is 17.2 Å². The predicted molar refractivity (Wildman–Crippen MR) is 97.7 cm³/mol. The van der Waals surface area contributed by atoms with Crippen LogP contribution in [-0.4, -0.2) is 25.6 Å². The molecule has 0 aliphatic carbocycles. The molecule has 4 nitrogen and oxygen atoms in total. The van der Waals surface area contributed by atoms with Crippen LogP contribution in [0, 0.1) is 5.82 Å². The molecule has 3 rings (SSSR count). The Morgan fingerprint density at radius 2 is 1.92 bits per heavy atom. The fraction of sp³-hybridized carbons (Fsp3) is 0.286. The third-order valence-corrected chi connectivity index (χ3v) is 4.27. The molecule has 0 saturated carbocycles. The number of fused-ring (bicyclic) bond motifs is 1. The molecule has 0 saturated heterocycles. The molecular weight excluding hydrogens is 335 g/mol. The molecule has 0 amide bonds. The molecule has 0 spiro atoms. The van der Waals surface area contributed by atoms with Crippen molar-refractivity contribution in [3.05, 3.63) is 58.9 Å². The van der Waals surface area contributed by atoms with E-state index in [0.717, 1.165) is 5.56 Å². The van der Waals surface area contributed by atoms with Crippen LogP contribution in [0.25, 0.3) is 6.08 Å². The van der Waals surface area contributed by atoms with Crippen LogP contribution in [0.15, 0.2) is 36.4 Å². The standard InChI is InChI=1S/C21H21FO4/c1-21(2)10-9-15-18(26-21)8-6-14(20(15)25-4)17(23)12-13-5-7-19(24-3)16(22)11-13/h5-11H,12H2,1-4H3. The van der Waals surface area contributed by atoms with Crippen molar-refractivity contribution >= 4 is 11.9 Å². The summed E-state index contributed by atoms with van der Waals surface area (Å²) in [4.78, 5) is 12.8. The number of rotatable bonds is 5. The number of carbonyl (C=O) groups excluding carboxylic acids is 1. The molecule has 1 aliphatic rings. The first-order chi connectivity index (χ1) is 12.3. The first kappa shape index (κ1) is 18.0. The predicted octanol–water partition coefficient (Wildman–Crippen LogP) is 4.45. The average Bonchev–Trinajstić information content (AvgIpc) is 2.59. The molecule has 0 bridgehead atoms. The van der Waals surface area contributed by atoms with Gasteiger partial charge in [-0.1, -0.05) is 6.07 Å². The summed E-state index contributed by atoms with van der Waals surface area (Å²) in [6.07, 6.45) is 3.89. The van der Waals surface area contributed by atoms with Crippen molar-refractivity contribution in [1.29, 1.82) is 0 Å². The van der Waals surface area contributed by atoms with Gasteiger partial charge in [0.15, 0.2) is 17.3 Å². The number of methoxy groups -OCH3 is 2. The SMILES string of the molecule is COc1ccc(CC(=O)c2ccc3c(c2OC)C=CC(C)(C)O3)cc1F. The molecule has 0 unspecified atom stereocenters. The lowest BCUT2D eigenvalue weighted by Crippen LogP contribution is -2.27. The summed E-state index contributed by atoms with van der Waals surface area (Å²) in [5.74, 6) is 0.633. The van der Waals surface area contributed by atoms with Gasteiger partial charge in [0.25, 0.3) is 0 Å². The fourth-order valence-electron chi connectivity index (χ4n) is 2.97. The molecule has 5 heteroatoms. The largest absolute Gasteiger partial charge is 0.495 e. The molecule has 0 radical (unpaired) electrons. The third-order valence-electron chi connectivity index (χ3n) is 4.27. The van der Waals surface area contributed by atoms with Gasteiger partial charge in [-0.25, -0.2) is 4.39 Å². The van der Waals surface area contributed by atoms with E-state index < -0.39 is 11.4 Å². The highest BCUT2D eigenvalue weighted by Gasteiger charge is 2.26. The van der Waals surface area contributed by atoms with Gasteiger partial charge in [-0.2, -0.15) is 0 Å². The highest BCUT2D eigenvalue weighted by Crippen LogP contribution is 2.39. The Morgan fingerprint density at radius 3 is 2.58 bits per heavy atom. The molecule has 2 aromatic rings. The van der Waals surface area contributed by atoms with E-state index in [1.165, 1.54) is 26.4 Å². The van der Waals surface area contributed by atoms with Crippen LogP contribution in [0.4, 0.5) is 4.39 Å². The molecule has 26 heavy (non-hydrogen) atoms. The number of hydrogen-bond acceptors (Lipinski definition) is 4. The van der Waals surface area contributed by atoms with Crippen LogP contribution in [0.2, 0.25) is 0 Å². The minimum Gasteiger partial charge on any atom is -0.495 e. The monoisotopic (exact) mass is 356 g/mol. The third kappa shape index (κ3) is 3.43. The summed E-state index contributed by atoms with van der Waals surface area (Å²) in [7, 11) is 2.92. The number of hydrogen-bond donors (Lipinski definition) is 0. The quantitative estimate of drug-likeness (QED) is 0.743. The molecule has 1 heterocycles. The molecule has 1 aliphatic heterocycles. The number of Topliss-reactive ketones (excluding diaryl/α,β-unsaturated/α-hetero) is 1. The van der Waals surface area contributed by atoms with E-state index in [4.69, 9.17) is 14.2 Å². The summed E-state index contributed by atoms with van der Waals surface area (Å²) in [6, 6.07) is 7.96. The maximum atomic E-state index is 13.9. The van der Waals surface area contributed by atoms with E-state index in [1.807, 2.05) is 26.0 Å².